The molecule has 16 heavy (non-hydrogen) atoms. The zero-order valence-electron chi connectivity index (χ0n) is 10.3. The molecule has 1 aromatic rings. The quantitative estimate of drug-likeness (QED) is 0.786. The third-order valence-corrected chi connectivity index (χ3v) is 4.41. The minimum absolute atomic E-state index is 0.627. The van der Waals surface area contributed by atoms with Crippen LogP contribution in [0.3, 0.4) is 0 Å². The third kappa shape index (κ3) is 3.02. The molecule has 0 amide bonds. The van der Waals surface area contributed by atoms with Crippen LogP contribution in [0.5, 0.6) is 0 Å². The van der Waals surface area contributed by atoms with Crippen molar-refractivity contribution in [2.75, 3.05) is 12.8 Å². The SMILES string of the molecule is CNC(C)CCSc1ccc2c(c1)CCC2. The Morgan fingerprint density at radius 1 is 1.31 bits per heavy atom. The molecular formula is C14H21NS. The van der Waals surface area contributed by atoms with Crippen molar-refractivity contribution in [3.05, 3.63) is 29.3 Å². The Morgan fingerprint density at radius 3 is 2.94 bits per heavy atom. The summed E-state index contributed by atoms with van der Waals surface area (Å²) in [5.41, 5.74) is 3.17. The van der Waals surface area contributed by atoms with E-state index in [0.29, 0.717) is 6.04 Å². The van der Waals surface area contributed by atoms with Crippen LogP contribution in [-0.2, 0) is 12.8 Å². The maximum atomic E-state index is 3.28. The van der Waals surface area contributed by atoms with Crippen molar-refractivity contribution in [3.63, 3.8) is 0 Å². The van der Waals surface area contributed by atoms with Gasteiger partial charge in [0.25, 0.3) is 0 Å². The standard InChI is InChI=1S/C14H21NS/c1-11(15-2)8-9-16-14-7-6-12-4-3-5-13(12)10-14/h6-7,10-11,15H,3-5,8-9H2,1-2H3. The lowest BCUT2D eigenvalue weighted by atomic mass is 10.1. The summed E-state index contributed by atoms with van der Waals surface area (Å²) in [6.45, 7) is 2.24. The minimum Gasteiger partial charge on any atom is -0.317 e. The molecule has 0 aromatic heterocycles. The second kappa shape index (κ2) is 5.74. The van der Waals surface area contributed by atoms with E-state index in [1.165, 1.54) is 36.3 Å². The summed E-state index contributed by atoms with van der Waals surface area (Å²) in [7, 11) is 2.03. The van der Waals surface area contributed by atoms with Crippen molar-refractivity contribution in [1.82, 2.24) is 5.32 Å². The highest BCUT2D eigenvalue weighted by Crippen LogP contribution is 2.27. The summed E-state index contributed by atoms with van der Waals surface area (Å²) in [4.78, 5) is 1.45. The van der Waals surface area contributed by atoms with E-state index in [9.17, 15) is 0 Å². The smallest absolute Gasteiger partial charge is 0.00748 e. The summed E-state index contributed by atoms with van der Waals surface area (Å²) in [5.74, 6) is 1.21. The first kappa shape index (κ1) is 12.0. The molecule has 1 aliphatic rings. The van der Waals surface area contributed by atoms with Gasteiger partial charge in [-0.2, -0.15) is 0 Å². The van der Waals surface area contributed by atoms with Crippen LogP contribution in [0.15, 0.2) is 23.1 Å². The van der Waals surface area contributed by atoms with Crippen LogP contribution in [0.4, 0.5) is 0 Å². The van der Waals surface area contributed by atoms with Crippen LogP contribution in [0.25, 0.3) is 0 Å². The number of hydrogen-bond acceptors (Lipinski definition) is 2. The Morgan fingerprint density at radius 2 is 2.12 bits per heavy atom. The molecule has 1 N–H and O–H groups in total. The molecule has 0 aliphatic heterocycles. The summed E-state index contributed by atoms with van der Waals surface area (Å²) >= 11 is 1.99. The van der Waals surface area contributed by atoms with Crippen LogP contribution in [-0.4, -0.2) is 18.8 Å². The molecule has 0 heterocycles. The van der Waals surface area contributed by atoms with Gasteiger partial charge in [-0.05, 0) is 68.7 Å². The van der Waals surface area contributed by atoms with Crippen LogP contribution in [0.1, 0.15) is 30.9 Å². The molecule has 2 rings (SSSR count). The Balaban J connectivity index is 1.86. The summed E-state index contributed by atoms with van der Waals surface area (Å²) in [5, 5.41) is 3.28. The van der Waals surface area contributed by atoms with Crippen molar-refractivity contribution in [2.24, 2.45) is 0 Å². The first-order valence-corrected chi connectivity index (χ1v) is 7.20. The van der Waals surface area contributed by atoms with Crippen LogP contribution >= 0.6 is 11.8 Å². The average molecular weight is 235 g/mol. The van der Waals surface area contributed by atoms with Gasteiger partial charge in [-0.15, -0.1) is 11.8 Å². The van der Waals surface area contributed by atoms with Gasteiger partial charge in [0, 0.05) is 10.9 Å². The van der Waals surface area contributed by atoms with Crippen LogP contribution < -0.4 is 5.32 Å². The Labute approximate surface area is 103 Å². The molecule has 0 saturated heterocycles. The van der Waals surface area contributed by atoms with Gasteiger partial charge in [-0.1, -0.05) is 6.07 Å². The van der Waals surface area contributed by atoms with Gasteiger partial charge in [-0.25, -0.2) is 0 Å². The molecule has 0 radical (unpaired) electrons. The molecule has 1 atom stereocenters. The molecule has 0 bridgehead atoms. The monoisotopic (exact) mass is 235 g/mol. The van der Waals surface area contributed by atoms with Gasteiger partial charge in [0.15, 0.2) is 0 Å². The normalized spacial score (nSPS) is 16.1. The van der Waals surface area contributed by atoms with E-state index in [2.05, 4.69) is 30.4 Å². The molecule has 1 aromatic carbocycles. The fourth-order valence-corrected chi connectivity index (χ4v) is 3.23. The van der Waals surface area contributed by atoms with Crippen molar-refractivity contribution in [3.8, 4) is 0 Å². The molecule has 1 aliphatic carbocycles. The van der Waals surface area contributed by atoms with E-state index < -0.39 is 0 Å². The minimum atomic E-state index is 0.627. The number of fused-ring (bicyclic) bond motifs is 1. The molecule has 88 valence electrons. The molecule has 1 nitrogen and oxygen atoms in total. The van der Waals surface area contributed by atoms with Crippen molar-refractivity contribution >= 4 is 11.8 Å². The van der Waals surface area contributed by atoms with Gasteiger partial charge in [0.05, 0.1) is 0 Å². The zero-order chi connectivity index (χ0) is 11.4. The van der Waals surface area contributed by atoms with E-state index >= 15 is 0 Å². The van der Waals surface area contributed by atoms with Gasteiger partial charge >= 0.3 is 0 Å². The van der Waals surface area contributed by atoms with Crippen molar-refractivity contribution in [2.45, 2.75) is 43.5 Å². The van der Waals surface area contributed by atoms with E-state index in [1.807, 2.05) is 18.8 Å². The topological polar surface area (TPSA) is 12.0 Å². The maximum Gasteiger partial charge on any atom is 0.00748 e. The Bertz CT molecular complexity index is 349. The Hall–Kier alpha value is -0.470. The fraction of sp³-hybridized carbons (Fsp3) is 0.571. The van der Waals surface area contributed by atoms with Gasteiger partial charge < -0.3 is 5.32 Å². The van der Waals surface area contributed by atoms with E-state index in [0.717, 1.165) is 0 Å². The summed E-state index contributed by atoms with van der Waals surface area (Å²) < 4.78 is 0. The van der Waals surface area contributed by atoms with E-state index in [4.69, 9.17) is 0 Å². The van der Waals surface area contributed by atoms with Crippen molar-refractivity contribution < 1.29 is 0 Å². The lowest BCUT2D eigenvalue weighted by Gasteiger charge is -2.09. The first-order valence-electron chi connectivity index (χ1n) is 6.21. The fourth-order valence-electron chi connectivity index (χ4n) is 2.14. The largest absolute Gasteiger partial charge is 0.317 e. The zero-order valence-corrected chi connectivity index (χ0v) is 11.1. The summed E-state index contributed by atoms with van der Waals surface area (Å²) in [6, 6.07) is 7.64. The highest BCUT2D eigenvalue weighted by molar-refractivity contribution is 7.99. The third-order valence-electron chi connectivity index (χ3n) is 3.38. The number of rotatable bonds is 5. The molecule has 0 spiro atoms. The summed E-state index contributed by atoms with van der Waals surface area (Å²) in [6.07, 6.45) is 5.16. The number of hydrogen-bond donors (Lipinski definition) is 1. The van der Waals surface area contributed by atoms with Crippen LogP contribution in [0, 0.1) is 0 Å². The van der Waals surface area contributed by atoms with Crippen molar-refractivity contribution in [1.29, 1.82) is 0 Å². The number of thioether (sulfide) groups is 1. The Kier molecular flexibility index (Phi) is 4.30. The second-order valence-corrected chi connectivity index (χ2v) is 5.78. The highest BCUT2D eigenvalue weighted by atomic mass is 32.2. The predicted octanol–water partition coefficient (Wildman–Crippen LogP) is 3.27. The highest BCUT2D eigenvalue weighted by Gasteiger charge is 2.10. The van der Waals surface area contributed by atoms with E-state index in [-0.39, 0.29) is 0 Å². The number of nitrogens with one attached hydrogen (secondary N) is 1. The van der Waals surface area contributed by atoms with Gasteiger partial charge in [-0.3, -0.25) is 0 Å². The van der Waals surface area contributed by atoms with E-state index in [1.54, 1.807) is 11.1 Å². The molecule has 2 heteroatoms. The molecular weight excluding hydrogens is 214 g/mol. The number of aryl methyl sites for hydroxylation is 2. The first-order chi connectivity index (χ1) is 7.79. The van der Waals surface area contributed by atoms with Crippen LogP contribution in [0.2, 0.25) is 0 Å². The predicted molar refractivity (Wildman–Crippen MR) is 72.3 cm³/mol. The van der Waals surface area contributed by atoms with Gasteiger partial charge in [0.1, 0.15) is 0 Å². The molecule has 0 fully saturated rings. The lowest BCUT2D eigenvalue weighted by Crippen LogP contribution is -2.21. The molecule has 1 unspecified atom stereocenters. The van der Waals surface area contributed by atoms with Gasteiger partial charge in [0.2, 0.25) is 0 Å². The number of benzene rings is 1. The molecule has 0 saturated carbocycles. The second-order valence-electron chi connectivity index (χ2n) is 4.61. The average Bonchev–Trinajstić information content (AvgIpc) is 2.76. The maximum absolute atomic E-state index is 3.28. The lowest BCUT2D eigenvalue weighted by molar-refractivity contribution is 0.598.